The summed E-state index contributed by atoms with van der Waals surface area (Å²) < 4.78 is 37.5. The van der Waals surface area contributed by atoms with Crippen LogP contribution in [0.25, 0.3) is 0 Å². The molecule has 0 aromatic heterocycles. The zero-order chi connectivity index (χ0) is 23.2. The SMILES string of the molecule is CCC(C)NS(=O)(=O)c1ccc(C(=O)OC(C)C(=O)Nc2cc(Cl)ccc2OC)cc1. The van der Waals surface area contributed by atoms with Gasteiger partial charge in [0.25, 0.3) is 5.91 Å². The molecule has 2 atom stereocenters. The number of carbonyl (C=O) groups excluding carboxylic acids is 2. The molecule has 0 saturated carbocycles. The Hall–Kier alpha value is -2.62. The summed E-state index contributed by atoms with van der Waals surface area (Å²) in [5.41, 5.74) is 0.453. The summed E-state index contributed by atoms with van der Waals surface area (Å²) in [7, 11) is -2.24. The van der Waals surface area contributed by atoms with Crippen molar-refractivity contribution in [2.24, 2.45) is 0 Å². The highest BCUT2D eigenvalue weighted by atomic mass is 35.5. The first kappa shape index (κ1) is 24.6. The molecule has 0 heterocycles. The number of ether oxygens (including phenoxy) is 2. The van der Waals surface area contributed by atoms with Crippen molar-refractivity contribution >= 4 is 39.2 Å². The van der Waals surface area contributed by atoms with Crippen LogP contribution >= 0.6 is 11.6 Å². The number of nitrogens with one attached hydrogen (secondary N) is 2. The molecule has 0 spiro atoms. The molecule has 0 aliphatic carbocycles. The fraction of sp³-hybridized carbons (Fsp3) is 0.333. The first-order chi connectivity index (χ1) is 14.6. The van der Waals surface area contributed by atoms with Crippen LogP contribution in [0.5, 0.6) is 5.75 Å². The summed E-state index contributed by atoms with van der Waals surface area (Å²) in [5, 5.41) is 3.00. The number of carbonyl (C=O) groups is 2. The fourth-order valence-electron chi connectivity index (χ4n) is 2.48. The van der Waals surface area contributed by atoms with Gasteiger partial charge in [0, 0.05) is 11.1 Å². The van der Waals surface area contributed by atoms with E-state index in [1.807, 2.05) is 6.92 Å². The van der Waals surface area contributed by atoms with E-state index in [1.165, 1.54) is 44.4 Å². The molecule has 2 unspecified atom stereocenters. The molecule has 0 aliphatic rings. The van der Waals surface area contributed by atoms with Crippen molar-refractivity contribution in [3.63, 3.8) is 0 Å². The van der Waals surface area contributed by atoms with Crippen LogP contribution in [0.3, 0.4) is 0 Å². The molecular weight excluding hydrogens is 444 g/mol. The second-order valence-corrected chi connectivity index (χ2v) is 8.99. The molecule has 0 bridgehead atoms. The maximum Gasteiger partial charge on any atom is 0.338 e. The Morgan fingerprint density at radius 2 is 1.74 bits per heavy atom. The Morgan fingerprint density at radius 1 is 1.10 bits per heavy atom. The van der Waals surface area contributed by atoms with Crippen molar-refractivity contribution in [1.29, 1.82) is 0 Å². The highest BCUT2D eigenvalue weighted by Gasteiger charge is 2.22. The van der Waals surface area contributed by atoms with Gasteiger partial charge in [-0.2, -0.15) is 0 Å². The van der Waals surface area contributed by atoms with Crippen molar-refractivity contribution in [2.75, 3.05) is 12.4 Å². The lowest BCUT2D eigenvalue weighted by molar-refractivity contribution is -0.123. The van der Waals surface area contributed by atoms with Crippen molar-refractivity contribution in [1.82, 2.24) is 4.72 Å². The summed E-state index contributed by atoms with van der Waals surface area (Å²) in [6.45, 7) is 5.04. The standard InChI is InChI=1S/C21H25ClN2O6S/c1-5-13(2)24-31(27,28)17-9-6-15(7-10-17)21(26)30-14(3)20(25)23-18-12-16(22)8-11-19(18)29-4/h6-14,24H,5H2,1-4H3,(H,23,25). The van der Waals surface area contributed by atoms with Crippen LogP contribution in [0.4, 0.5) is 5.69 Å². The van der Waals surface area contributed by atoms with Crippen LogP contribution in [0, 0.1) is 0 Å². The molecular formula is C21H25ClN2O6S. The minimum atomic E-state index is -3.68. The summed E-state index contributed by atoms with van der Waals surface area (Å²) in [6.07, 6.45) is -0.475. The number of hydrogen-bond acceptors (Lipinski definition) is 6. The number of amides is 1. The first-order valence-corrected chi connectivity index (χ1v) is 11.4. The van der Waals surface area contributed by atoms with Gasteiger partial charge in [0.1, 0.15) is 5.75 Å². The third kappa shape index (κ3) is 6.68. The highest BCUT2D eigenvalue weighted by Crippen LogP contribution is 2.28. The number of sulfonamides is 1. The molecule has 2 aromatic carbocycles. The topological polar surface area (TPSA) is 111 Å². The van der Waals surface area contributed by atoms with Gasteiger partial charge in [-0.15, -0.1) is 0 Å². The molecule has 31 heavy (non-hydrogen) atoms. The highest BCUT2D eigenvalue weighted by molar-refractivity contribution is 7.89. The minimum absolute atomic E-state index is 0.0307. The minimum Gasteiger partial charge on any atom is -0.495 e. The summed E-state index contributed by atoms with van der Waals surface area (Å²) in [5.74, 6) is -0.940. The lowest BCUT2D eigenvalue weighted by atomic mass is 10.2. The number of rotatable bonds is 9. The van der Waals surface area contributed by atoms with Crippen LogP contribution in [0.15, 0.2) is 47.4 Å². The smallest absolute Gasteiger partial charge is 0.338 e. The molecule has 2 rings (SSSR count). The van der Waals surface area contributed by atoms with Crippen molar-refractivity contribution in [3.8, 4) is 5.75 Å². The van der Waals surface area contributed by atoms with Crippen molar-refractivity contribution < 1.29 is 27.5 Å². The van der Waals surface area contributed by atoms with E-state index in [-0.39, 0.29) is 16.5 Å². The Morgan fingerprint density at radius 3 is 2.32 bits per heavy atom. The Labute approximate surface area is 186 Å². The van der Waals surface area contributed by atoms with E-state index in [2.05, 4.69) is 10.0 Å². The van der Waals surface area contributed by atoms with Gasteiger partial charge in [-0.1, -0.05) is 18.5 Å². The van der Waals surface area contributed by atoms with Crippen molar-refractivity contribution in [2.45, 2.75) is 44.2 Å². The number of hydrogen-bond donors (Lipinski definition) is 2. The van der Waals surface area contributed by atoms with Crippen LogP contribution in [0.1, 0.15) is 37.6 Å². The third-order valence-corrected chi connectivity index (χ3v) is 6.28. The van der Waals surface area contributed by atoms with Gasteiger partial charge in [0.15, 0.2) is 6.10 Å². The predicted octanol–water partition coefficient (Wildman–Crippen LogP) is 3.61. The molecule has 0 saturated heterocycles. The maximum absolute atomic E-state index is 12.4. The van der Waals surface area contributed by atoms with Gasteiger partial charge in [-0.3, -0.25) is 4.79 Å². The number of halogens is 1. The van der Waals surface area contributed by atoms with E-state index in [9.17, 15) is 18.0 Å². The quantitative estimate of drug-likeness (QED) is 0.544. The molecule has 0 fully saturated rings. The van der Waals surface area contributed by atoms with E-state index in [0.717, 1.165) is 0 Å². The number of esters is 1. The largest absolute Gasteiger partial charge is 0.495 e. The van der Waals surface area contributed by atoms with Gasteiger partial charge < -0.3 is 14.8 Å². The third-order valence-electron chi connectivity index (χ3n) is 4.44. The number of methoxy groups -OCH3 is 1. The van der Waals surface area contributed by atoms with Crippen LogP contribution in [-0.2, 0) is 19.6 Å². The summed E-state index contributed by atoms with van der Waals surface area (Å²) >= 11 is 5.94. The summed E-state index contributed by atoms with van der Waals surface area (Å²) in [6, 6.07) is 9.79. The average molecular weight is 469 g/mol. The molecule has 0 radical (unpaired) electrons. The van der Waals surface area contributed by atoms with E-state index >= 15 is 0 Å². The second kappa shape index (κ2) is 10.6. The Balaban J connectivity index is 2.04. The fourth-order valence-corrected chi connectivity index (χ4v) is 3.98. The molecule has 8 nitrogen and oxygen atoms in total. The van der Waals surface area contributed by atoms with Crippen LogP contribution < -0.4 is 14.8 Å². The first-order valence-electron chi connectivity index (χ1n) is 9.55. The summed E-state index contributed by atoms with van der Waals surface area (Å²) in [4.78, 5) is 24.8. The van der Waals surface area contributed by atoms with E-state index in [0.29, 0.717) is 22.9 Å². The molecule has 2 aromatic rings. The molecule has 2 N–H and O–H groups in total. The molecule has 0 aliphatic heterocycles. The molecule has 168 valence electrons. The van der Waals surface area contributed by atoms with Crippen LogP contribution in [-0.4, -0.2) is 39.5 Å². The van der Waals surface area contributed by atoms with E-state index in [1.54, 1.807) is 19.1 Å². The number of anilines is 1. The van der Waals surface area contributed by atoms with E-state index in [4.69, 9.17) is 21.1 Å². The molecule has 10 heteroatoms. The van der Waals surface area contributed by atoms with Crippen LogP contribution in [0.2, 0.25) is 5.02 Å². The zero-order valence-electron chi connectivity index (χ0n) is 17.6. The monoisotopic (exact) mass is 468 g/mol. The molecule has 1 amide bonds. The van der Waals surface area contributed by atoms with Gasteiger partial charge in [0.05, 0.1) is 23.3 Å². The lowest BCUT2D eigenvalue weighted by Gasteiger charge is -2.16. The zero-order valence-corrected chi connectivity index (χ0v) is 19.2. The Bertz CT molecular complexity index is 1040. The maximum atomic E-state index is 12.4. The Kier molecular flexibility index (Phi) is 8.43. The van der Waals surface area contributed by atoms with Gasteiger partial charge >= 0.3 is 5.97 Å². The van der Waals surface area contributed by atoms with Crippen molar-refractivity contribution in [3.05, 3.63) is 53.1 Å². The predicted molar refractivity (Wildman–Crippen MR) is 118 cm³/mol. The lowest BCUT2D eigenvalue weighted by Crippen LogP contribution is -2.32. The number of benzene rings is 2. The van der Waals surface area contributed by atoms with E-state index < -0.39 is 28.0 Å². The van der Waals surface area contributed by atoms with Gasteiger partial charge in [0.2, 0.25) is 10.0 Å². The second-order valence-electron chi connectivity index (χ2n) is 6.84. The van der Waals surface area contributed by atoms with Gasteiger partial charge in [-0.25, -0.2) is 17.9 Å². The normalized spacial score (nSPS) is 13.2. The van der Waals surface area contributed by atoms with Gasteiger partial charge in [-0.05, 0) is 62.7 Å². The average Bonchev–Trinajstić information content (AvgIpc) is 2.73.